The zero-order valence-electron chi connectivity index (χ0n) is 14.6. The number of aryl methyl sites for hydroxylation is 1. The van der Waals surface area contributed by atoms with Crippen molar-refractivity contribution in [3.05, 3.63) is 24.0 Å². The van der Waals surface area contributed by atoms with Gasteiger partial charge in [-0.1, -0.05) is 0 Å². The van der Waals surface area contributed by atoms with Crippen LogP contribution in [0.25, 0.3) is 0 Å². The van der Waals surface area contributed by atoms with Crippen LogP contribution in [0.2, 0.25) is 0 Å². The van der Waals surface area contributed by atoms with Crippen molar-refractivity contribution in [1.82, 2.24) is 10.3 Å². The molecule has 0 atom stereocenters. The molecule has 1 aliphatic heterocycles. The number of carbonyl (C=O) groups is 1. The lowest BCUT2D eigenvalue weighted by atomic mass is 9.92. The molecule has 1 N–H and O–H groups in total. The number of sulfone groups is 1. The predicted molar refractivity (Wildman–Crippen MR) is 95.2 cm³/mol. The van der Waals surface area contributed by atoms with Crippen LogP contribution in [0.5, 0.6) is 5.75 Å². The molecule has 1 aromatic heterocycles. The first kappa shape index (κ1) is 18.2. The Hall–Kier alpha value is -1.63. The van der Waals surface area contributed by atoms with Crippen LogP contribution in [0.4, 0.5) is 0 Å². The van der Waals surface area contributed by atoms with Gasteiger partial charge in [0.25, 0.3) is 0 Å². The van der Waals surface area contributed by atoms with Gasteiger partial charge >= 0.3 is 0 Å². The van der Waals surface area contributed by atoms with Crippen molar-refractivity contribution in [2.45, 2.75) is 57.6 Å². The Morgan fingerprint density at radius 3 is 2.48 bits per heavy atom. The number of hydrogen-bond donors (Lipinski definition) is 1. The molecule has 1 saturated heterocycles. The van der Waals surface area contributed by atoms with Gasteiger partial charge in [0, 0.05) is 18.2 Å². The fraction of sp³-hybridized carbons (Fsp3) is 0.667. The van der Waals surface area contributed by atoms with E-state index in [4.69, 9.17) is 4.74 Å². The molecule has 2 fully saturated rings. The summed E-state index contributed by atoms with van der Waals surface area (Å²) in [5.41, 5.74) is 0.894. The molecule has 7 heteroatoms. The lowest BCUT2D eigenvalue weighted by molar-refractivity contribution is -0.126. The highest BCUT2D eigenvalue weighted by Gasteiger charge is 2.31. The van der Waals surface area contributed by atoms with Crippen LogP contribution in [0.3, 0.4) is 0 Å². The average molecular weight is 366 g/mol. The minimum absolute atomic E-state index is 0.0161. The summed E-state index contributed by atoms with van der Waals surface area (Å²) in [6.45, 7) is 1.94. The van der Waals surface area contributed by atoms with E-state index in [9.17, 15) is 13.2 Å². The van der Waals surface area contributed by atoms with Crippen molar-refractivity contribution in [3.63, 3.8) is 0 Å². The molecule has 3 rings (SSSR count). The highest BCUT2D eigenvalue weighted by Crippen LogP contribution is 2.26. The maximum Gasteiger partial charge on any atom is 0.223 e. The molecule has 2 heterocycles. The largest absolute Gasteiger partial charge is 0.489 e. The Morgan fingerprint density at radius 1 is 1.16 bits per heavy atom. The summed E-state index contributed by atoms with van der Waals surface area (Å²) in [5.74, 6) is 0.961. The lowest BCUT2D eigenvalue weighted by Gasteiger charge is -2.31. The first-order valence-corrected chi connectivity index (χ1v) is 10.8. The summed E-state index contributed by atoms with van der Waals surface area (Å²) in [5, 5.41) is 3.11. The Balaban J connectivity index is 1.43. The minimum Gasteiger partial charge on any atom is -0.489 e. The number of ether oxygens (including phenoxy) is 1. The second-order valence-corrected chi connectivity index (χ2v) is 9.42. The van der Waals surface area contributed by atoms with Gasteiger partial charge in [-0.25, -0.2) is 8.42 Å². The van der Waals surface area contributed by atoms with Gasteiger partial charge in [-0.15, -0.1) is 0 Å². The van der Waals surface area contributed by atoms with E-state index in [1.54, 1.807) is 6.20 Å². The standard InChI is InChI=1S/C18H26N2O4S/c1-13-17(3-2-10-19-13)24-16-6-4-15(5-7-16)20-18(21)14-8-11-25(22,23)12-9-14/h2-3,10,14-16H,4-9,11-12H2,1H3,(H,20,21). The van der Waals surface area contributed by atoms with Gasteiger partial charge in [-0.05, 0) is 57.6 Å². The van der Waals surface area contributed by atoms with E-state index >= 15 is 0 Å². The van der Waals surface area contributed by atoms with E-state index < -0.39 is 9.84 Å². The predicted octanol–water partition coefficient (Wildman–Crippen LogP) is 2.02. The molecule has 1 saturated carbocycles. The van der Waals surface area contributed by atoms with Crippen LogP contribution in [-0.2, 0) is 14.6 Å². The van der Waals surface area contributed by atoms with Crippen LogP contribution < -0.4 is 10.1 Å². The van der Waals surface area contributed by atoms with E-state index in [1.165, 1.54) is 0 Å². The van der Waals surface area contributed by atoms with Crippen molar-refractivity contribution in [1.29, 1.82) is 0 Å². The van der Waals surface area contributed by atoms with E-state index in [2.05, 4.69) is 10.3 Å². The van der Waals surface area contributed by atoms with Crippen LogP contribution in [0, 0.1) is 12.8 Å². The third kappa shape index (κ3) is 4.93. The Morgan fingerprint density at radius 2 is 1.84 bits per heavy atom. The minimum atomic E-state index is -2.92. The highest BCUT2D eigenvalue weighted by molar-refractivity contribution is 7.91. The molecule has 2 aliphatic rings. The first-order chi connectivity index (χ1) is 11.9. The molecule has 25 heavy (non-hydrogen) atoms. The number of rotatable bonds is 4. The summed E-state index contributed by atoms with van der Waals surface area (Å²) in [4.78, 5) is 16.6. The van der Waals surface area contributed by atoms with Gasteiger partial charge in [0.15, 0.2) is 0 Å². The fourth-order valence-corrected chi connectivity index (χ4v) is 5.06. The van der Waals surface area contributed by atoms with E-state index in [-0.39, 0.29) is 35.5 Å². The van der Waals surface area contributed by atoms with Gasteiger partial charge in [-0.3, -0.25) is 9.78 Å². The zero-order valence-corrected chi connectivity index (χ0v) is 15.4. The summed E-state index contributed by atoms with van der Waals surface area (Å²) < 4.78 is 29.0. The van der Waals surface area contributed by atoms with Gasteiger partial charge in [0.2, 0.25) is 5.91 Å². The number of hydrogen-bond acceptors (Lipinski definition) is 5. The van der Waals surface area contributed by atoms with Crippen LogP contribution >= 0.6 is 0 Å². The topological polar surface area (TPSA) is 85.4 Å². The number of nitrogens with one attached hydrogen (secondary N) is 1. The smallest absolute Gasteiger partial charge is 0.223 e. The molecular weight excluding hydrogens is 340 g/mol. The number of pyridine rings is 1. The molecule has 1 aromatic rings. The Kier molecular flexibility index (Phi) is 5.61. The number of nitrogens with zero attached hydrogens (tertiary/aromatic N) is 1. The zero-order chi connectivity index (χ0) is 17.9. The second-order valence-electron chi connectivity index (χ2n) is 7.11. The van der Waals surface area contributed by atoms with Crippen LogP contribution in [0.15, 0.2) is 18.3 Å². The van der Waals surface area contributed by atoms with E-state index in [0.29, 0.717) is 12.8 Å². The quantitative estimate of drug-likeness (QED) is 0.881. The van der Waals surface area contributed by atoms with E-state index in [1.807, 2.05) is 19.1 Å². The van der Waals surface area contributed by atoms with Crippen molar-refractivity contribution >= 4 is 15.7 Å². The van der Waals surface area contributed by atoms with Crippen LogP contribution in [-0.4, -0.2) is 43.0 Å². The summed E-state index contributed by atoms with van der Waals surface area (Å²) in [7, 11) is -2.92. The first-order valence-electron chi connectivity index (χ1n) is 9.02. The fourth-order valence-electron chi connectivity index (χ4n) is 3.57. The van der Waals surface area contributed by atoms with Crippen molar-refractivity contribution in [2.24, 2.45) is 5.92 Å². The summed E-state index contributed by atoms with van der Waals surface area (Å²) in [6, 6.07) is 3.98. The van der Waals surface area contributed by atoms with Crippen molar-refractivity contribution in [2.75, 3.05) is 11.5 Å². The Bertz CT molecular complexity index is 698. The maximum atomic E-state index is 12.3. The molecule has 0 radical (unpaired) electrons. The molecular formula is C18H26N2O4S. The second kappa shape index (κ2) is 7.72. The summed E-state index contributed by atoms with van der Waals surface area (Å²) >= 11 is 0. The molecule has 1 amide bonds. The molecule has 1 aliphatic carbocycles. The normalized spacial score (nSPS) is 26.8. The van der Waals surface area contributed by atoms with Gasteiger partial charge in [0.1, 0.15) is 15.6 Å². The maximum absolute atomic E-state index is 12.3. The third-order valence-electron chi connectivity index (χ3n) is 5.20. The van der Waals surface area contributed by atoms with Gasteiger partial charge in [-0.2, -0.15) is 0 Å². The number of carbonyl (C=O) groups excluding carboxylic acids is 1. The van der Waals surface area contributed by atoms with Crippen molar-refractivity contribution in [3.8, 4) is 5.75 Å². The average Bonchev–Trinajstić information content (AvgIpc) is 2.58. The van der Waals surface area contributed by atoms with Crippen LogP contribution in [0.1, 0.15) is 44.2 Å². The number of amides is 1. The monoisotopic (exact) mass is 366 g/mol. The summed E-state index contributed by atoms with van der Waals surface area (Å²) in [6.07, 6.45) is 6.40. The van der Waals surface area contributed by atoms with Gasteiger partial charge in [0.05, 0.1) is 23.3 Å². The molecule has 6 nitrogen and oxygen atoms in total. The number of aromatic nitrogens is 1. The van der Waals surface area contributed by atoms with Gasteiger partial charge < -0.3 is 10.1 Å². The molecule has 0 unspecified atom stereocenters. The third-order valence-corrected chi connectivity index (χ3v) is 6.91. The van der Waals surface area contributed by atoms with E-state index in [0.717, 1.165) is 37.1 Å². The molecule has 0 spiro atoms. The molecule has 0 bridgehead atoms. The van der Waals surface area contributed by atoms with Crippen molar-refractivity contribution < 1.29 is 17.9 Å². The highest BCUT2D eigenvalue weighted by atomic mass is 32.2. The lowest BCUT2D eigenvalue weighted by Crippen LogP contribution is -2.44. The SMILES string of the molecule is Cc1ncccc1OC1CCC(NC(=O)C2CCS(=O)(=O)CC2)CC1. The Labute approximate surface area is 149 Å². The molecule has 0 aromatic carbocycles. The molecule has 138 valence electrons.